The molecule has 0 aromatic rings. The summed E-state index contributed by atoms with van der Waals surface area (Å²) in [6, 6.07) is 0. The van der Waals surface area contributed by atoms with E-state index in [2.05, 4.69) is 19.8 Å². The molecule has 0 radical (unpaired) electrons. The second-order valence-corrected chi connectivity index (χ2v) is 9.45. The topological polar surface area (TPSA) is 37.3 Å². The Bertz CT molecular complexity index is 575. The van der Waals surface area contributed by atoms with E-state index in [1.807, 2.05) is 0 Å². The lowest BCUT2D eigenvalue weighted by molar-refractivity contribution is -0.146. The highest BCUT2D eigenvalue weighted by Crippen LogP contribution is 2.66. The first-order valence-electron chi connectivity index (χ1n) is 9.56. The van der Waals surface area contributed by atoms with Crippen LogP contribution in [-0.2, 0) is 4.79 Å². The molecule has 4 saturated carbocycles. The first-order chi connectivity index (χ1) is 10.8. The summed E-state index contributed by atoms with van der Waals surface area (Å²) in [5, 5.41) is 10.6. The number of aliphatic hydroxyl groups is 1. The minimum absolute atomic E-state index is 0.0292. The van der Waals surface area contributed by atoms with Gasteiger partial charge in [-0.25, -0.2) is 0 Å². The van der Waals surface area contributed by atoms with Crippen LogP contribution in [0.3, 0.4) is 0 Å². The van der Waals surface area contributed by atoms with Gasteiger partial charge < -0.3 is 5.11 Å². The van der Waals surface area contributed by atoms with E-state index in [1.54, 1.807) is 0 Å². The molecule has 2 heteroatoms. The Labute approximate surface area is 140 Å². The molecule has 2 nitrogen and oxygen atoms in total. The Morgan fingerprint density at radius 3 is 2.61 bits per heavy atom. The minimum atomic E-state index is -0.872. The summed E-state index contributed by atoms with van der Waals surface area (Å²) in [7, 11) is 0. The number of fused-ring (bicyclic) bond motifs is 5. The largest absolute Gasteiger partial charge is 0.378 e. The highest BCUT2D eigenvalue weighted by molar-refractivity contribution is 5.87. The number of rotatable bonds is 0. The highest BCUT2D eigenvalue weighted by Gasteiger charge is 2.61. The second kappa shape index (κ2) is 4.85. The third-order valence-electron chi connectivity index (χ3n) is 8.70. The van der Waals surface area contributed by atoms with Gasteiger partial charge in [-0.1, -0.05) is 19.8 Å². The Morgan fingerprint density at radius 2 is 1.87 bits per heavy atom. The van der Waals surface area contributed by atoms with Crippen LogP contribution in [0, 0.1) is 46.8 Å². The first kappa shape index (κ1) is 15.7. The molecule has 1 N–H and O–H groups in total. The van der Waals surface area contributed by atoms with E-state index in [-0.39, 0.29) is 5.41 Å². The number of terminal acetylenes is 1. The average Bonchev–Trinajstić information content (AvgIpc) is 2.84. The Kier molecular flexibility index (Phi) is 3.31. The van der Waals surface area contributed by atoms with E-state index < -0.39 is 5.60 Å². The van der Waals surface area contributed by atoms with Crippen LogP contribution in [0.15, 0.2) is 0 Å². The molecule has 0 unspecified atom stereocenters. The van der Waals surface area contributed by atoms with E-state index in [0.717, 1.165) is 50.4 Å². The second-order valence-electron chi connectivity index (χ2n) is 9.45. The van der Waals surface area contributed by atoms with Crippen LogP contribution in [-0.4, -0.2) is 16.5 Å². The average molecular weight is 314 g/mol. The van der Waals surface area contributed by atoms with Crippen molar-refractivity contribution in [1.82, 2.24) is 0 Å². The summed E-state index contributed by atoms with van der Waals surface area (Å²) in [4.78, 5) is 12.4. The quantitative estimate of drug-likeness (QED) is 0.687. The van der Waals surface area contributed by atoms with Crippen molar-refractivity contribution in [1.29, 1.82) is 0 Å². The van der Waals surface area contributed by atoms with Crippen LogP contribution in [0.1, 0.15) is 71.6 Å². The number of ketones is 1. The van der Waals surface area contributed by atoms with E-state index in [4.69, 9.17) is 6.42 Å². The van der Waals surface area contributed by atoms with Crippen molar-refractivity contribution in [2.24, 2.45) is 34.5 Å². The molecule has 0 aromatic heterocycles. The van der Waals surface area contributed by atoms with Crippen molar-refractivity contribution in [2.45, 2.75) is 77.2 Å². The van der Waals surface area contributed by atoms with Crippen LogP contribution in [0.25, 0.3) is 0 Å². The molecular formula is C21H30O2. The molecule has 0 aromatic carbocycles. The molecule has 0 amide bonds. The summed E-state index contributed by atoms with van der Waals surface area (Å²) >= 11 is 0. The van der Waals surface area contributed by atoms with Gasteiger partial charge in [0.2, 0.25) is 0 Å². The number of hydrogen-bond donors (Lipinski definition) is 1. The van der Waals surface area contributed by atoms with Gasteiger partial charge in [-0.3, -0.25) is 4.79 Å². The normalized spacial score (nSPS) is 55.5. The van der Waals surface area contributed by atoms with Gasteiger partial charge in [0.1, 0.15) is 11.4 Å². The van der Waals surface area contributed by atoms with Crippen molar-refractivity contribution in [2.75, 3.05) is 0 Å². The van der Waals surface area contributed by atoms with Crippen LogP contribution in [0.5, 0.6) is 0 Å². The summed E-state index contributed by atoms with van der Waals surface area (Å²) in [6.45, 7) is 4.71. The minimum Gasteiger partial charge on any atom is -0.378 e. The summed E-state index contributed by atoms with van der Waals surface area (Å²) in [5.41, 5.74) is -0.582. The first-order valence-corrected chi connectivity index (χ1v) is 9.56. The summed E-state index contributed by atoms with van der Waals surface area (Å²) in [5.74, 6) is 5.81. The molecule has 126 valence electrons. The third kappa shape index (κ3) is 2.02. The van der Waals surface area contributed by atoms with Crippen molar-refractivity contribution in [3.8, 4) is 12.3 Å². The molecule has 0 bridgehead atoms. The number of hydrogen-bond acceptors (Lipinski definition) is 2. The van der Waals surface area contributed by atoms with Gasteiger partial charge in [-0.2, -0.15) is 0 Å². The van der Waals surface area contributed by atoms with Crippen LogP contribution in [0.4, 0.5) is 0 Å². The highest BCUT2D eigenvalue weighted by atomic mass is 16.3. The zero-order valence-electron chi connectivity index (χ0n) is 14.6. The SMILES string of the molecule is C#C[C@@]1(O)CC[C@@]2(C)[C@@H](CC[C@@H]3[C@@H]2CC[C@]2(C)C(=O)CC[C@@H]32)C1. The molecule has 23 heavy (non-hydrogen) atoms. The zero-order valence-corrected chi connectivity index (χ0v) is 14.6. The standard InChI is InChI=1S/C21H30O2/c1-4-21(23)12-11-19(2)14(13-21)5-6-15-16-7-8-18(22)20(16,3)10-9-17(15)19/h1,14-17,23H,5-13H2,2-3H3/t14-,15-,16-,17-,19-,20-,21+/m0/s1. The van der Waals surface area contributed by atoms with Crippen LogP contribution in [0.2, 0.25) is 0 Å². The molecule has 7 atom stereocenters. The lowest BCUT2D eigenvalue weighted by atomic mass is 9.44. The fourth-order valence-corrected chi connectivity index (χ4v) is 7.15. The van der Waals surface area contributed by atoms with Gasteiger partial charge in [-0.15, -0.1) is 6.42 Å². The fraction of sp³-hybridized carbons (Fsp3) is 0.857. The maximum atomic E-state index is 12.4. The molecular weight excluding hydrogens is 284 g/mol. The molecule has 0 heterocycles. The predicted molar refractivity (Wildman–Crippen MR) is 90.5 cm³/mol. The van der Waals surface area contributed by atoms with Crippen LogP contribution < -0.4 is 0 Å². The van der Waals surface area contributed by atoms with Crippen molar-refractivity contribution in [3.63, 3.8) is 0 Å². The Morgan fingerprint density at radius 1 is 1.09 bits per heavy atom. The summed E-state index contributed by atoms with van der Waals surface area (Å²) < 4.78 is 0. The van der Waals surface area contributed by atoms with E-state index in [0.29, 0.717) is 23.0 Å². The van der Waals surface area contributed by atoms with Gasteiger partial charge in [0, 0.05) is 11.8 Å². The van der Waals surface area contributed by atoms with Crippen molar-refractivity contribution >= 4 is 5.78 Å². The number of carbonyl (C=O) groups excluding carboxylic acids is 1. The third-order valence-corrected chi connectivity index (χ3v) is 8.70. The number of Topliss-reactive ketones (excluding diaryl/α,β-unsaturated/α-hetero) is 1. The Hall–Kier alpha value is -0.810. The van der Waals surface area contributed by atoms with Crippen molar-refractivity contribution < 1.29 is 9.90 Å². The molecule has 0 aliphatic heterocycles. The lowest BCUT2D eigenvalue weighted by Gasteiger charge is -2.60. The lowest BCUT2D eigenvalue weighted by Crippen LogP contribution is -2.55. The molecule has 4 fully saturated rings. The monoisotopic (exact) mass is 314 g/mol. The predicted octanol–water partition coefficient (Wildman–Crippen LogP) is 3.96. The Balaban J connectivity index is 1.62. The van der Waals surface area contributed by atoms with Gasteiger partial charge in [0.25, 0.3) is 0 Å². The van der Waals surface area contributed by atoms with Gasteiger partial charge in [0.15, 0.2) is 0 Å². The smallest absolute Gasteiger partial charge is 0.139 e. The van der Waals surface area contributed by atoms with Gasteiger partial charge in [-0.05, 0) is 80.5 Å². The molecule has 4 rings (SSSR count). The van der Waals surface area contributed by atoms with E-state index >= 15 is 0 Å². The molecule has 4 aliphatic carbocycles. The van der Waals surface area contributed by atoms with Crippen LogP contribution >= 0.6 is 0 Å². The maximum Gasteiger partial charge on any atom is 0.139 e. The zero-order chi connectivity index (χ0) is 16.5. The fourth-order valence-electron chi connectivity index (χ4n) is 7.15. The molecule has 0 saturated heterocycles. The maximum absolute atomic E-state index is 12.4. The number of carbonyl (C=O) groups is 1. The van der Waals surface area contributed by atoms with Gasteiger partial charge in [0.05, 0.1) is 0 Å². The molecule has 0 spiro atoms. The van der Waals surface area contributed by atoms with Crippen molar-refractivity contribution in [3.05, 3.63) is 0 Å². The van der Waals surface area contributed by atoms with Gasteiger partial charge >= 0.3 is 0 Å². The molecule has 4 aliphatic rings. The summed E-state index contributed by atoms with van der Waals surface area (Å²) in [6.07, 6.45) is 14.8. The van der Waals surface area contributed by atoms with E-state index in [9.17, 15) is 9.90 Å². The van der Waals surface area contributed by atoms with E-state index in [1.165, 1.54) is 19.3 Å².